The lowest BCUT2D eigenvalue weighted by molar-refractivity contribution is -0.140. The average Bonchev–Trinajstić information content (AvgIpc) is 2.42. The molecule has 1 atom stereocenters. The van der Waals surface area contributed by atoms with Crippen molar-refractivity contribution in [2.24, 2.45) is 0 Å². The van der Waals surface area contributed by atoms with Gasteiger partial charge in [-0.1, -0.05) is 37.3 Å². The molecule has 1 rings (SSSR count). The summed E-state index contributed by atoms with van der Waals surface area (Å²) in [6.45, 7) is 6.00. The van der Waals surface area contributed by atoms with E-state index in [1.54, 1.807) is 6.08 Å². The second-order valence-electron chi connectivity index (χ2n) is 4.59. The molecule has 0 N–H and O–H groups in total. The number of hydrogen-bond acceptors (Lipinski definition) is 3. The molecule has 19 heavy (non-hydrogen) atoms. The molecule has 0 saturated heterocycles. The van der Waals surface area contributed by atoms with E-state index >= 15 is 0 Å². The summed E-state index contributed by atoms with van der Waals surface area (Å²) < 4.78 is 11.0. The van der Waals surface area contributed by atoms with Crippen LogP contribution in [0.2, 0.25) is 0 Å². The Bertz CT molecular complexity index is 401. The molecule has 1 aromatic carbocycles. The molecule has 3 nitrogen and oxygen atoms in total. The van der Waals surface area contributed by atoms with E-state index in [-0.39, 0.29) is 17.8 Å². The van der Waals surface area contributed by atoms with Gasteiger partial charge in [-0.15, -0.1) is 0 Å². The van der Waals surface area contributed by atoms with Gasteiger partial charge in [0.15, 0.2) is 0 Å². The molecule has 4 heteroatoms. The second kappa shape index (κ2) is 8.66. The molecule has 0 saturated carbocycles. The quantitative estimate of drug-likeness (QED) is 0.437. The summed E-state index contributed by atoms with van der Waals surface area (Å²) in [5, 5.41) is 0. The molecule has 0 fully saturated rings. The SMILES string of the molecule is CCC(OC(=O)C=Cc1ccccc1)[SiH2]OC(C)C. The molecule has 0 aliphatic rings. The third-order valence-electron chi connectivity index (χ3n) is 2.57. The van der Waals surface area contributed by atoms with Gasteiger partial charge >= 0.3 is 5.97 Å². The molecule has 0 amide bonds. The van der Waals surface area contributed by atoms with E-state index in [0.29, 0.717) is 0 Å². The Kier molecular flexibility index (Phi) is 7.14. The normalized spacial score (nSPS) is 13.5. The third-order valence-corrected chi connectivity index (χ3v) is 4.54. The van der Waals surface area contributed by atoms with Crippen LogP contribution in [0.4, 0.5) is 0 Å². The molecule has 1 unspecified atom stereocenters. The molecule has 0 aliphatic heterocycles. The number of carbonyl (C=O) groups excluding carboxylic acids is 1. The van der Waals surface area contributed by atoms with Gasteiger partial charge in [-0.3, -0.25) is 0 Å². The topological polar surface area (TPSA) is 35.5 Å². The Labute approximate surface area is 117 Å². The molecule has 0 radical (unpaired) electrons. The number of rotatable bonds is 7. The van der Waals surface area contributed by atoms with Crippen LogP contribution in [-0.4, -0.2) is 27.6 Å². The third kappa shape index (κ3) is 6.93. The van der Waals surface area contributed by atoms with Crippen LogP contribution in [0, 0.1) is 0 Å². The van der Waals surface area contributed by atoms with Gasteiger partial charge in [-0.2, -0.15) is 0 Å². The van der Waals surface area contributed by atoms with Crippen molar-refractivity contribution in [1.29, 1.82) is 0 Å². The van der Waals surface area contributed by atoms with E-state index in [4.69, 9.17) is 9.16 Å². The van der Waals surface area contributed by atoms with Gasteiger partial charge in [0.05, 0.1) is 0 Å². The fourth-order valence-electron chi connectivity index (χ4n) is 1.47. The minimum atomic E-state index is -0.822. The van der Waals surface area contributed by atoms with E-state index in [9.17, 15) is 4.79 Å². The van der Waals surface area contributed by atoms with Gasteiger partial charge in [-0.25, -0.2) is 4.79 Å². The van der Waals surface area contributed by atoms with Crippen LogP contribution in [-0.2, 0) is 14.0 Å². The molecule has 0 spiro atoms. The molecule has 104 valence electrons. The number of benzene rings is 1. The first-order chi connectivity index (χ1) is 9.11. The van der Waals surface area contributed by atoms with Crippen LogP contribution in [0.25, 0.3) is 6.08 Å². The Morgan fingerprint density at radius 2 is 2.00 bits per heavy atom. The highest BCUT2D eigenvalue weighted by atomic mass is 28.2. The first-order valence-corrected chi connectivity index (χ1v) is 8.06. The first-order valence-electron chi connectivity index (χ1n) is 6.67. The number of esters is 1. The monoisotopic (exact) mass is 278 g/mol. The Hall–Kier alpha value is -1.39. The Morgan fingerprint density at radius 1 is 1.32 bits per heavy atom. The van der Waals surface area contributed by atoms with Crippen molar-refractivity contribution in [3.05, 3.63) is 42.0 Å². The fourth-order valence-corrected chi connectivity index (χ4v) is 2.53. The molecule has 0 aliphatic carbocycles. The molecule has 0 heterocycles. The van der Waals surface area contributed by atoms with Gasteiger partial charge in [-0.05, 0) is 31.9 Å². The maximum atomic E-state index is 11.7. The summed E-state index contributed by atoms with van der Waals surface area (Å²) in [6, 6.07) is 9.69. The number of carbonyl (C=O) groups is 1. The van der Waals surface area contributed by atoms with Crippen molar-refractivity contribution in [3.8, 4) is 0 Å². The minimum absolute atomic E-state index is 0.0460. The summed E-state index contributed by atoms with van der Waals surface area (Å²) in [4.78, 5) is 11.7. The Balaban J connectivity index is 2.42. The fraction of sp³-hybridized carbons (Fsp3) is 0.400. The zero-order valence-corrected chi connectivity index (χ0v) is 13.2. The lowest BCUT2D eigenvalue weighted by Crippen LogP contribution is -2.27. The zero-order valence-electron chi connectivity index (χ0n) is 11.8. The maximum Gasteiger partial charge on any atom is 0.330 e. The zero-order chi connectivity index (χ0) is 14.1. The highest BCUT2D eigenvalue weighted by Crippen LogP contribution is 2.04. The van der Waals surface area contributed by atoms with Gasteiger partial charge in [0.2, 0.25) is 9.76 Å². The highest BCUT2D eigenvalue weighted by molar-refractivity contribution is 6.29. The van der Waals surface area contributed by atoms with Crippen molar-refractivity contribution in [2.45, 2.75) is 39.0 Å². The van der Waals surface area contributed by atoms with Crippen LogP contribution in [0.3, 0.4) is 0 Å². The summed E-state index contributed by atoms with van der Waals surface area (Å²) in [5.74, 6) is -0.296. The summed E-state index contributed by atoms with van der Waals surface area (Å²) in [7, 11) is -0.822. The van der Waals surface area contributed by atoms with Crippen molar-refractivity contribution >= 4 is 21.8 Å². The average molecular weight is 278 g/mol. The molecular weight excluding hydrogens is 256 g/mol. The van der Waals surface area contributed by atoms with Crippen LogP contribution in [0.5, 0.6) is 0 Å². The van der Waals surface area contributed by atoms with E-state index < -0.39 is 9.76 Å². The molecule has 1 aromatic rings. The van der Waals surface area contributed by atoms with Gasteiger partial charge in [0, 0.05) is 12.2 Å². The number of hydrogen-bond donors (Lipinski definition) is 0. The first kappa shape index (κ1) is 15.7. The van der Waals surface area contributed by atoms with Crippen LogP contribution in [0.1, 0.15) is 32.8 Å². The minimum Gasteiger partial charge on any atom is -0.461 e. The predicted molar refractivity (Wildman–Crippen MR) is 80.4 cm³/mol. The summed E-state index contributed by atoms with van der Waals surface area (Å²) >= 11 is 0. The lowest BCUT2D eigenvalue weighted by Gasteiger charge is -2.16. The summed E-state index contributed by atoms with van der Waals surface area (Å²) in [6.07, 6.45) is 4.25. The number of ether oxygens (including phenoxy) is 1. The van der Waals surface area contributed by atoms with E-state index in [1.165, 1.54) is 6.08 Å². The van der Waals surface area contributed by atoms with Crippen molar-refractivity contribution in [1.82, 2.24) is 0 Å². The largest absolute Gasteiger partial charge is 0.461 e. The molecule has 0 aromatic heterocycles. The van der Waals surface area contributed by atoms with Crippen molar-refractivity contribution < 1.29 is 14.0 Å². The Morgan fingerprint density at radius 3 is 2.58 bits per heavy atom. The van der Waals surface area contributed by atoms with Crippen molar-refractivity contribution in [3.63, 3.8) is 0 Å². The highest BCUT2D eigenvalue weighted by Gasteiger charge is 2.12. The molecule has 0 bridgehead atoms. The standard InChI is InChI=1S/C15H22O3Si/c1-4-15(19-18-12(2)3)17-14(16)11-10-13-8-6-5-7-9-13/h5-12,15H,4,19H2,1-3H3. The maximum absolute atomic E-state index is 11.7. The molecular formula is C15H22O3Si. The smallest absolute Gasteiger partial charge is 0.330 e. The van der Waals surface area contributed by atoms with Crippen molar-refractivity contribution in [2.75, 3.05) is 0 Å². The van der Waals surface area contributed by atoms with Crippen LogP contribution < -0.4 is 0 Å². The van der Waals surface area contributed by atoms with Crippen LogP contribution in [0.15, 0.2) is 36.4 Å². The van der Waals surface area contributed by atoms with Crippen LogP contribution >= 0.6 is 0 Å². The predicted octanol–water partition coefficient (Wildman–Crippen LogP) is 2.49. The summed E-state index contributed by atoms with van der Waals surface area (Å²) in [5.41, 5.74) is 0.943. The second-order valence-corrected chi connectivity index (χ2v) is 6.17. The van der Waals surface area contributed by atoms with E-state index in [1.807, 2.05) is 51.1 Å². The van der Waals surface area contributed by atoms with Gasteiger partial charge in [0.1, 0.15) is 5.73 Å². The van der Waals surface area contributed by atoms with E-state index in [2.05, 4.69) is 0 Å². The van der Waals surface area contributed by atoms with Gasteiger partial charge < -0.3 is 9.16 Å². The lowest BCUT2D eigenvalue weighted by atomic mass is 10.2. The van der Waals surface area contributed by atoms with E-state index in [0.717, 1.165) is 12.0 Å². The van der Waals surface area contributed by atoms with Gasteiger partial charge in [0.25, 0.3) is 0 Å².